The summed E-state index contributed by atoms with van der Waals surface area (Å²) in [4.78, 5) is 13.0. The molecule has 1 saturated heterocycles. The van der Waals surface area contributed by atoms with E-state index in [2.05, 4.69) is 5.32 Å². The van der Waals surface area contributed by atoms with Crippen molar-refractivity contribution in [1.29, 1.82) is 0 Å². The second kappa shape index (κ2) is 5.47. The van der Waals surface area contributed by atoms with Crippen molar-refractivity contribution < 1.29 is 18.0 Å². The van der Waals surface area contributed by atoms with E-state index in [4.69, 9.17) is 0 Å². The molecule has 1 amide bonds. The quantitative estimate of drug-likeness (QED) is 0.847. The maximum Gasteiger partial charge on any atom is 0.406 e. The zero-order valence-electron chi connectivity index (χ0n) is 11.2. The van der Waals surface area contributed by atoms with Crippen molar-refractivity contribution >= 4 is 5.91 Å². The predicted octanol–water partition coefficient (Wildman–Crippen LogP) is 2.38. The normalized spacial score (nSPS) is 27.1. The van der Waals surface area contributed by atoms with Crippen LogP contribution >= 0.6 is 0 Å². The van der Waals surface area contributed by atoms with E-state index in [1.165, 1.54) is 0 Å². The lowest BCUT2D eigenvalue weighted by molar-refractivity contribution is -0.163. The highest BCUT2D eigenvalue weighted by molar-refractivity contribution is 5.84. The van der Waals surface area contributed by atoms with E-state index in [1.807, 2.05) is 27.7 Å². The summed E-state index contributed by atoms with van der Waals surface area (Å²) in [5.74, 6) is -0.442. The van der Waals surface area contributed by atoms with Crippen molar-refractivity contribution in [3.63, 3.8) is 0 Å². The average Bonchev–Trinajstić information content (AvgIpc) is 2.54. The van der Waals surface area contributed by atoms with E-state index in [0.29, 0.717) is 0 Å². The van der Waals surface area contributed by atoms with Gasteiger partial charge in [0.2, 0.25) is 5.91 Å². The summed E-state index contributed by atoms with van der Waals surface area (Å²) in [7, 11) is 0. The van der Waals surface area contributed by atoms with Gasteiger partial charge >= 0.3 is 6.18 Å². The number of rotatable bonds is 4. The van der Waals surface area contributed by atoms with E-state index in [9.17, 15) is 18.0 Å². The monoisotopic (exact) mass is 266 g/mol. The van der Waals surface area contributed by atoms with Crippen LogP contribution in [-0.4, -0.2) is 35.7 Å². The molecule has 1 rings (SSSR count). The number of carbonyl (C=O) groups excluding carboxylic acids is 1. The second-order valence-electron chi connectivity index (χ2n) is 5.30. The van der Waals surface area contributed by atoms with Gasteiger partial charge in [-0.15, -0.1) is 0 Å². The van der Waals surface area contributed by atoms with E-state index in [1.54, 1.807) is 0 Å². The highest BCUT2D eigenvalue weighted by atomic mass is 19.4. The molecule has 1 heterocycles. The van der Waals surface area contributed by atoms with Gasteiger partial charge in [-0.1, -0.05) is 34.1 Å². The van der Waals surface area contributed by atoms with Crippen molar-refractivity contribution in [2.24, 2.45) is 11.8 Å². The van der Waals surface area contributed by atoms with Gasteiger partial charge < -0.3 is 4.90 Å². The lowest BCUT2D eigenvalue weighted by atomic mass is 9.99. The number of nitrogens with one attached hydrogen (secondary N) is 1. The van der Waals surface area contributed by atoms with Crippen LogP contribution in [0, 0.1) is 11.8 Å². The lowest BCUT2D eigenvalue weighted by Gasteiger charge is -2.27. The first-order valence-corrected chi connectivity index (χ1v) is 6.30. The van der Waals surface area contributed by atoms with E-state index >= 15 is 0 Å². The molecular weight excluding hydrogens is 245 g/mol. The van der Waals surface area contributed by atoms with E-state index in [0.717, 1.165) is 11.3 Å². The van der Waals surface area contributed by atoms with Crippen molar-refractivity contribution in [3.05, 3.63) is 0 Å². The molecule has 18 heavy (non-hydrogen) atoms. The molecule has 3 atom stereocenters. The van der Waals surface area contributed by atoms with Crippen molar-refractivity contribution in [3.8, 4) is 0 Å². The van der Waals surface area contributed by atoms with Gasteiger partial charge in [0.25, 0.3) is 0 Å². The standard InChI is InChI=1S/C12H21F3N2O/c1-5-8(4)9-11(18)17(6-12(13,14)15)10(16-9)7(2)3/h7-10,16H,5-6H2,1-4H3. The van der Waals surface area contributed by atoms with Gasteiger partial charge in [0.05, 0.1) is 12.2 Å². The molecule has 0 aromatic rings. The van der Waals surface area contributed by atoms with Gasteiger partial charge in [-0.3, -0.25) is 10.1 Å². The summed E-state index contributed by atoms with van der Waals surface area (Å²) in [5.41, 5.74) is 0. The maximum absolute atomic E-state index is 12.5. The van der Waals surface area contributed by atoms with Crippen LogP contribution in [0.4, 0.5) is 13.2 Å². The fraction of sp³-hybridized carbons (Fsp3) is 0.917. The smallest absolute Gasteiger partial charge is 0.316 e. The molecule has 0 aromatic carbocycles. The minimum absolute atomic E-state index is 0.0389. The minimum Gasteiger partial charge on any atom is -0.316 e. The highest BCUT2D eigenvalue weighted by Gasteiger charge is 2.46. The number of carbonyl (C=O) groups is 1. The van der Waals surface area contributed by atoms with Crippen LogP contribution in [0.25, 0.3) is 0 Å². The molecule has 1 aliphatic rings. The van der Waals surface area contributed by atoms with Crippen LogP contribution in [0.5, 0.6) is 0 Å². The van der Waals surface area contributed by atoms with Gasteiger partial charge in [-0.25, -0.2) is 0 Å². The zero-order valence-corrected chi connectivity index (χ0v) is 11.2. The van der Waals surface area contributed by atoms with Crippen LogP contribution < -0.4 is 5.32 Å². The molecule has 106 valence electrons. The summed E-state index contributed by atoms with van der Waals surface area (Å²) in [5, 5.41) is 3.04. The molecule has 0 aliphatic carbocycles. The van der Waals surface area contributed by atoms with Crippen molar-refractivity contribution in [2.45, 2.75) is 52.5 Å². The van der Waals surface area contributed by atoms with Gasteiger partial charge in [-0.05, 0) is 11.8 Å². The van der Waals surface area contributed by atoms with Crippen LogP contribution in [0.15, 0.2) is 0 Å². The van der Waals surface area contributed by atoms with Crippen LogP contribution in [-0.2, 0) is 4.79 Å². The Morgan fingerprint density at radius 2 is 1.89 bits per heavy atom. The Balaban J connectivity index is 2.88. The van der Waals surface area contributed by atoms with Crippen LogP contribution in [0.3, 0.4) is 0 Å². The van der Waals surface area contributed by atoms with Gasteiger partial charge in [0, 0.05) is 0 Å². The number of nitrogens with zero attached hydrogens (tertiary/aromatic N) is 1. The molecule has 0 spiro atoms. The van der Waals surface area contributed by atoms with Gasteiger partial charge in [0.1, 0.15) is 6.54 Å². The first-order valence-electron chi connectivity index (χ1n) is 6.30. The average molecular weight is 266 g/mol. The third-order valence-electron chi connectivity index (χ3n) is 3.43. The van der Waals surface area contributed by atoms with Gasteiger partial charge in [0.15, 0.2) is 0 Å². The lowest BCUT2D eigenvalue weighted by Crippen LogP contribution is -2.45. The molecule has 0 saturated carbocycles. The predicted molar refractivity (Wildman–Crippen MR) is 62.8 cm³/mol. The fourth-order valence-electron chi connectivity index (χ4n) is 2.23. The second-order valence-corrected chi connectivity index (χ2v) is 5.30. The van der Waals surface area contributed by atoms with Crippen molar-refractivity contribution in [1.82, 2.24) is 10.2 Å². The van der Waals surface area contributed by atoms with Crippen LogP contribution in [0.2, 0.25) is 0 Å². The number of hydrogen-bond acceptors (Lipinski definition) is 2. The highest BCUT2D eigenvalue weighted by Crippen LogP contribution is 2.27. The summed E-state index contributed by atoms with van der Waals surface area (Å²) < 4.78 is 37.5. The Morgan fingerprint density at radius 1 is 1.33 bits per heavy atom. The molecule has 0 radical (unpaired) electrons. The Morgan fingerprint density at radius 3 is 2.28 bits per heavy atom. The Labute approximate surface area is 106 Å². The SMILES string of the molecule is CCC(C)C1NC(C(C)C)N(CC(F)(F)F)C1=O. The molecule has 1 N–H and O–H groups in total. The zero-order chi connectivity index (χ0) is 14.1. The van der Waals surface area contributed by atoms with Gasteiger partial charge in [-0.2, -0.15) is 13.2 Å². The van der Waals surface area contributed by atoms with E-state index < -0.39 is 30.8 Å². The molecule has 1 fully saturated rings. The third kappa shape index (κ3) is 3.37. The van der Waals surface area contributed by atoms with Crippen LogP contribution in [0.1, 0.15) is 34.1 Å². The first kappa shape index (κ1) is 15.3. The molecule has 6 heteroatoms. The molecular formula is C12H21F3N2O. The fourth-order valence-corrected chi connectivity index (χ4v) is 2.23. The van der Waals surface area contributed by atoms with E-state index in [-0.39, 0.29) is 11.8 Å². The Hall–Kier alpha value is -0.780. The van der Waals surface area contributed by atoms with Crippen molar-refractivity contribution in [2.75, 3.05) is 6.54 Å². The Kier molecular flexibility index (Phi) is 4.64. The topological polar surface area (TPSA) is 32.3 Å². The third-order valence-corrected chi connectivity index (χ3v) is 3.43. The molecule has 3 nitrogen and oxygen atoms in total. The first-order chi connectivity index (χ1) is 8.17. The molecule has 0 aromatic heterocycles. The summed E-state index contributed by atoms with van der Waals surface area (Å²) in [6.07, 6.45) is -4.12. The summed E-state index contributed by atoms with van der Waals surface area (Å²) in [6.45, 7) is 6.26. The molecule has 3 unspecified atom stereocenters. The number of amides is 1. The summed E-state index contributed by atoms with van der Waals surface area (Å²) in [6, 6.07) is -0.496. The largest absolute Gasteiger partial charge is 0.406 e. The molecule has 1 aliphatic heterocycles. The Bertz CT molecular complexity index is 304. The summed E-state index contributed by atoms with van der Waals surface area (Å²) >= 11 is 0. The molecule has 0 bridgehead atoms. The number of halogens is 3. The minimum atomic E-state index is -4.35. The number of hydrogen-bond donors (Lipinski definition) is 1. The maximum atomic E-state index is 12.5. The number of alkyl halides is 3.